The second-order valence-corrected chi connectivity index (χ2v) is 4.65. The van der Waals surface area contributed by atoms with Crippen molar-refractivity contribution in [3.63, 3.8) is 0 Å². The second-order valence-electron chi connectivity index (χ2n) is 3.40. The van der Waals surface area contributed by atoms with Crippen LogP contribution in [0.2, 0.25) is 0 Å². The molecule has 1 heterocycles. The monoisotopic (exact) mass is 339 g/mol. The Morgan fingerprint density at radius 1 is 1.24 bits per heavy atom. The van der Waals surface area contributed by atoms with E-state index in [1.54, 1.807) is 0 Å². The lowest BCUT2D eigenvalue weighted by molar-refractivity contribution is 0.0945. The lowest BCUT2D eigenvalue weighted by Gasteiger charge is -2.04. The number of nitrogens with zero attached hydrogens (tertiary/aromatic N) is 2. The van der Waals surface area contributed by atoms with Crippen LogP contribution in [0.5, 0.6) is 0 Å². The average molecular weight is 339 g/mol. The molecule has 17 heavy (non-hydrogen) atoms. The Balaban J connectivity index is 1.95. The minimum Gasteiger partial charge on any atom is -0.347 e. The zero-order valence-electron chi connectivity index (χ0n) is 8.93. The van der Waals surface area contributed by atoms with E-state index in [1.165, 1.54) is 22.2 Å². The SMILES string of the molecule is O=C(NCc1ccc(I)cc1)c1cnccn1. The maximum Gasteiger partial charge on any atom is 0.271 e. The second kappa shape index (κ2) is 5.72. The molecule has 1 amide bonds. The number of hydrogen-bond donors (Lipinski definition) is 1. The highest BCUT2D eigenvalue weighted by Gasteiger charge is 2.05. The van der Waals surface area contributed by atoms with Gasteiger partial charge in [0, 0.05) is 22.5 Å². The van der Waals surface area contributed by atoms with Gasteiger partial charge >= 0.3 is 0 Å². The van der Waals surface area contributed by atoms with E-state index in [0.717, 1.165) is 5.56 Å². The van der Waals surface area contributed by atoms with Crippen LogP contribution in [-0.4, -0.2) is 15.9 Å². The van der Waals surface area contributed by atoms with E-state index in [4.69, 9.17) is 0 Å². The van der Waals surface area contributed by atoms with Crippen molar-refractivity contribution in [1.82, 2.24) is 15.3 Å². The molecule has 0 saturated carbocycles. The van der Waals surface area contributed by atoms with Crippen molar-refractivity contribution >= 4 is 28.5 Å². The zero-order chi connectivity index (χ0) is 12.1. The predicted octanol–water partition coefficient (Wildman–Crippen LogP) is 2.01. The van der Waals surface area contributed by atoms with Gasteiger partial charge in [-0.15, -0.1) is 0 Å². The summed E-state index contributed by atoms with van der Waals surface area (Å²) in [4.78, 5) is 19.4. The van der Waals surface area contributed by atoms with Gasteiger partial charge in [-0.25, -0.2) is 4.98 Å². The summed E-state index contributed by atoms with van der Waals surface area (Å²) in [6.07, 6.45) is 4.49. The first kappa shape index (κ1) is 12.0. The third-order valence-corrected chi connectivity index (χ3v) is 2.88. The van der Waals surface area contributed by atoms with Crippen LogP contribution < -0.4 is 5.32 Å². The van der Waals surface area contributed by atoms with Gasteiger partial charge in [-0.2, -0.15) is 0 Å². The molecule has 0 saturated heterocycles. The Hall–Kier alpha value is -1.50. The van der Waals surface area contributed by atoms with Crippen LogP contribution in [-0.2, 0) is 6.54 Å². The molecule has 5 heteroatoms. The van der Waals surface area contributed by atoms with E-state index in [2.05, 4.69) is 37.9 Å². The number of hydrogen-bond acceptors (Lipinski definition) is 3. The van der Waals surface area contributed by atoms with E-state index < -0.39 is 0 Å². The van der Waals surface area contributed by atoms with Gasteiger partial charge in [-0.05, 0) is 40.3 Å². The zero-order valence-corrected chi connectivity index (χ0v) is 11.1. The molecule has 4 nitrogen and oxygen atoms in total. The molecule has 0 bridgehead atoms. The minimum absolute atomic E-state index is 0.211. The molecule has 0 aliphatic carbocycles. The molecule has 2 rings (SSSR count). The number of rotatable bonds is 3. The summed E-state index contributed by atoms with van der Waals surface area (Å²) in [5.41, 5.74) is 1.39. The Kier molecular flexibility index (Phi) is 4.03. The Bertz CT molecular complexity index is 499. The molecule has 1 aromatic carbocycles. The molecule has 0 radical (unpaired) electrons. The van der Waals surface area contributed by atoms with Gasteiger partial charge in [-0.1, -0.05) is 12.1 Å². The van der Waals surface area contributed by atoms with Crippen LogP contribution in [0.3, 0.4) is 0 Å². The molecule has 86 valence electrons. The molecule has 0 atom stereocenters. The Morgan fingerprint density at radius 2 is 2.00 bits per heavy atom. The highest BCUT2D eigenvalue weighted by atomic mass is 127. The molecule has 0 aliphatic heterocycles. The molecular formula is C12H10IN3O. The summed E-state index contributed by atoms with van der Waals surface area (Å²) >= 11 is 2.24. The van der Waals surface area contributed by atoms with Crippen LogP contribution in [0.25, 0.3) is 0 Å². The van der Waals surface area contributed by atoms with Crippen molar-refractivity contribution in [1.29, 1.82) is 0 Å². The molecule has 1 N–H and O–H groups in total. The first-order valence-corrected chi connectivity index (χ1v) is 6.12. The van der Waals surface area contributed by atoms with Gasteiger partial charge in [-0.3, -0.25) is 9.78 Å². The summed E-state index contributed by atoms with van der Waals surface area (Å²) in [6, 6.07) is 7.98. The first-order chi connectivity index (χ1) is 8.25. The maximum atomic E-state index is 11.7. The Morgan fingerprint density at radius 3 is 2.65 bits per heavy atom. The van der Waals surface area contributed by atoms with E-state index in [0.29, 0.717) is 12.2 Å². The predicted molar refractivity (Wildman–Crippen MR) is 72.4 cm³/mol. The van der Waals surface area contributed by atoms with Gasteiger partial charge in [0.2, 0.25) is 0 Å². The maximum absolute atomic E-state index is 11.7. The van der Waals surface area contributed by atoms with Crippen molar-refractivity contribution in [2.45, 2.75) is 6.54 Å². The van der Waals surface area contributed by atoms with Gasteiger partial charge in [0.15, 0.2) is 0 Å². The number of benzene rings is 1. The van der Waals surface area contributed by atoms with Crippen LogP contribution in [0.1, 0.15) is 16.1 Å². The number of amides is 1. The summed E-state index contributed by atoms with van der Waals surface area (Å²) in [6.45, 7) is 0.492. The molecular weight excluding hydrogens is 329 g/mol. The molecule has 1 aromatic heterocycles. The van der Waals surface area contributed by atoms with Crippen molar-refractivity contribution < 1.29 is 4.79 Å². The summed E-state index contributed by atoms with van der Waals surface area (Å²) < 4.78 is 1.17. The lowest BCUT2D eigenvalue weighted by Crippen LogP contribution is -2.23. The number of nitrogens with one attached hydrogen (secondary N) is 1. The van der Waals surface area contributed by atoms with Gasteiger partial charge < -0.3 is 5.32 Å². The summed E-state index contributed by atoms with van der Waals surface area (Å²) in [5.74, 6) is -0.211. The topological polar surface area (TPSA) is 54.9 Å². The largest absolute Gasteiger partial charge is 0.347 e. The number of carbonyl (C=O) groups excluding carboxylic acids is 1. The number of halogens is 1. The standard InChI is InChI=1S/C12H10IN3O/c13-10-3-1-9(2-4-10)7-16-12(17)11-8-14-5-6-15-11/h1-6,8H,7H2,(H,16,17). The van der Waals surface area contributed by atoms with Crippen molar-refractivity contribution in [2.75, 3.05) is 0 Å². The van der Waals surface area contributed by atoms with Crippen LogP contribution >= 0.6 is 22.6 Å². The number of aromatic nitrogens is 2. The van der Waals surface area contributed by atoms with E-state index in [9.17, 15) is 4.79 Å². The quantitative estimate of drug-likeness (QED) is 0.871. The average Bonchev–Trinajstić information content (AvgIpc) is 2.39. The van der Waals surface area contributed by atoms with E-state index in [1.807, 2.05) is 24.3 Å². The normalized spacial score (nSPS) is 9.94. The first-order valence-electron chi connectivity index (χ1n) is 5.04. The number of carbonyl (C=O) groups is 1. The van der Waals surface area contributed by atoms with Gasteiger partial charge in [0.1, 0.15) is 5.69 Å². The smallest absolute Gasteiger partial charge is 0.271 e. The highest BCUT2D eigenvalue weighted by molar-refractivity contribution is 14.1. The fourth-order valence-electron chi connectivity index (χ4n) is 1.29. The molecule has 0 unspecified atom stereocenters. The summed E-state index contributed by atoms with van der Waals surface area (Å²) in [5, 5.41) is 2.79. The van der Waals surface area contributed by atoms with Crippen LogP contribution in [0, 0.1) is 3.57 Å². The molecule has 2 aromatic rings. The molecule has 0 spiro atoms. The van der Waals surface area contributed by atoms with E-state index in [-0.39, 0.29) is 5.91 Å². The van der Waals surface area contributed by atoms with Gasteiger partial charge in [0.25, 0.3) is 5.91 Å². The van der Waals surface area contributed by atoms with E-state index >= 15 is 0 Å². The van der Waals surface area contributed by atoms with Crippen molar-refractivity contribution in [2.24, 2.45) is 0 Å². The molecule has 0 aliphatic rings. The molecule has 0 fully saturated rings. The lowest BCUT2D eigenvalue weighted by atomic mass is 10.2. The fourth-order valence-corrected chi connectivity index (χ4v) is 1.65. The van der Waals surface area contributed by atoms with Crippen LogP contribution in [0.15, 0.2) is 42.9 Å². The van der Waals surface area contributed by atoms with Crippen molar-refractivity contribution in [3.05, 3.63) is 57.7 Å². The van der Waals surface area contributed by atoms with Crippen molar-refractivity contribution in [3.8, 4) is 0 Å². The van der Waals surface area contributed by atoms with Gasteiger partial charge in [0.05, 0.1) is 6.20 Å². The highest BCUT2D eigenvalue weighted by Crippen LogP contribution is 2.06. The third kappa shape index (κ3) is 3.48. The fraction of sp³-hybridized carbons (Fsp3) is 0.0833. The minimum atomic E-state index is -0.211. The summed E-state index contributed by atoms with van der Waals surface area (Å²) in [7, 11) is 0. The Labute approximate surface area is 113 Å². The van der Waals surface area contributed by atoms with Crippen LogP contribution in [0.4, 0.5) is 0 Å². The third-order valence-electron chi connectivity index (χ3n) is 2.16.